The van der Waals surface area contributed by atoms with E-state index in [9.17, 15) is 4.39 Å². The normalized spacial score (nSPS) is 11.2. The lowest BCUT2D eigenvalue weighted by atomic mass is 9.85. The molecule has 3 heteroatoms. The Morgan fingerprint density at radius 2 is 1.63 bits per heavy atom. The Kier molecular flexibility index (Phi) is 7.07. The summed E-state index contributed by atoms with van der Waals surface area (Å²) in [5.41, 5.74) is 4.44. The molecule has 0 aromatic heterocycles. The van der Waals surface area contributed by atoms with Gasteiger partial charge in [-0.3, -0.25) is 0 Å². The van der Waals surface area contributed by atoms with Crippen molar-refractivity contribution in [3.05, 3.63) is 101 Å². The maximum absolute atomic E-state index is 14.1. The summed E-state index contributed by atoms with van der Waals surface area (Å²) in [6.07, 6.45) is 2.16. The Morgan fingerprint density at radius 1 is 0.933 bits per heavy atom. The number of hydrogen-bond acceptors (Lipinski definition) is 2. The van der Waals surface area contributed by atoms with Crippen molar-refractivity contribution in [2.24, 2.45) is 0 Å². The highest BCUT2D eigenvalue weighted by Gasteiger charge is 2.21. The van der Waals surface area contributed by atoms with Crippen LogP contribution in [0.4, 0.5) is 4.39 Å². The summed E-state index contributed by atoms with van der Waals surface area (Å²) in [4.78, 5) is 0. The summed E-state index contributed by atoms with van der Waals surface area (Å²) in [6, 6.07) is 22.6. The molecule has 30 heavy (non-hydrogen) atoms. The molecule has 0 unspecified atom stereocenters. The second kappa shape index (κ2) is 9.73. The minimum atomic E-state index is -0.389. The highest BCUT2D eigenvalue weighted by Crippen LogP contribution is 2.27. The van der Waals surface area contributed by atoms with Gasteiger partial charge in [0.05, 0.1) is 13.2 Å². The number of ether oxygens (including phenoxy) is 2. The molecule has 0 atom stereocenters. The van der Waals surface area contributed by atoms with Gasteiger partial charge in [-0.2, -0.15) is 0 Å². The molecule has 3 aromatic carbocycles. The minimum Gasteiger partial charge on any atom is -0.454 e. The van der Waals surface area contributed by atoms with E-state index >= 15 is 0 Å². The van der Waals surface area contributed by atoms with Crippen molar-refractivity contribution in [3.63, 3.8) is 0 Å². The van der Waals surface area contributed by atoms with Crippen molar-refractivity contribution in [1.29, 1.82) is 0 Å². The van der Waals surface area contributed by atoms with Crippen molar-refractivity contribution in [3.8, 4) is 11.5 Å². The van der Waals surface area contributed by atoms with Crippen molar-refractivity contribution >= 4 is 6.08 Å². The van der Waals surface area contributed by atoms with Crippen LogP contribution < -0.4 is 4.74 Å². The summed E-state index contributed by atoms with van der Waals surface area (Å²) < 4.78 is 25.8. The quantitative estimate of drug-likeness (QED) is 0.386. The number of rotatable bonds is 8. The van der Waals surface area contributed by atoms with Crippen LogP contribution in [0.1, 0.15) is 44.4 Å². The molecule has 3 aromatic rings. The van der Waals surface area contributed by atoms with Gasteiger partial charge in [-0.25, -0.2) is 4.39 Å². The molecule has 0 radical (unpaired) electrons. The molecule has 0 aliphatic rings. The standard InChI is InChI=1S/C27H29FO2/c1-20(2)16-21-10-13-23(14-11-21)27(3,4)19-29-18-22-12-15-25(28)26(17-22)30-24-8-6-5-7-9-24/h5-17H,18-19H2,1-4H3. The van der Waals surface area contributed by atoms with E-state index in [0.717, 1.165) is 5.56 Å². The van der Waals surface area contributed by atoms with E-state index in [1.54, 1.807) is 24.3 Å². The molecule has 0 aliphatic heterocycles. The van der Waals surface area contributed by atoms with Gasteiger partial charge in [-0.05, 0) is 54.8 Å². The molecule has 2 nitrogen and oxygen atoms in total. The van der Waals surface area contributed by atoms with Crippen LogP contribution in [0.5, 0.6) is 11.5 Å². The fourth-order valence-corrected chi connectivity index (χ4v) is 3.20. The van der Waals surface area contributed by atoms with Crippen LogP contribution in [0.3, 0.4) is 0 Å². The summed E-state index contributed by atoms with van der Waals surface area (Å²) in [7, 11) is 0. The van der Waals surface area contributed by atoms with E-state index in [4.69, 9.17) is 9.47 Å². The molecule has 0 fully saturated rings. The third-order valence-electron chi connectivity index (χ3n) is 4.85. The number of benzene rings is 3. The number of hydrogen-bond donors (Lipinski definition) is 0. The zero-order valence-electron chi connectivity index (χ0n) is 18.1. The van der Waals surface area contributed by atoms with Crippen LogP contribution >= 0.6 is 0 Å². The molecule has 0 bridgehead atoms. The molecule has 0 N–H and O–H groups in total. The Labute approximate surface area is 179 Å². The Bertz CT molecular complexity index is 985. The van der Waals surface area contributed by atoms with Crippen LogP contribution in [0, 0.1) is 5.82 Å². The topological polar surface area (TPSA) is 18.5 Å². The van der Waals surface area contributed by atoms with Crippen molar-refractivity contribution in [2.45, 2.75) is 39.7 Å². The lowest BCUT2D eigenvalue weighted by molar-refractivity contribution is 0.0823. The zero-order valence-corrected chi connectivity index (χ0v) is 18.1. The molecule has 0 aliphatic carbocycles. The lowest BCUT2D eigenvalue weighted by Gasteiger charge is -2.25. The number of allylic oxidation sites excluding steroid dienone is 1. The third kappa shape index (κ3) is 6.04. The maximum Gasteiger partial charge on any atom is 0.165 e. The second-order valence-electron chi connectivity index (χ2n) is 8.40. The molecule has 0 saturated carbocycles. The van der Waals surface area contributed by atoms with Crippen LogP contribution in [0.2, 0.25) is 0 Å². The fourth-order valence-electron chi connectivity index (χ4n) is 3.20. The first-order chi connectivity index (χ1) is 14.3. The van der Waals surface area contributed by atoms with Gasteiger partial charge in [-0.15, -0.1) is 0 Å². The van der Waals surface area contributed by atoms with E-state index in [2.05, 4.69) is 58.0 Å². The molecule has 0 heterocycles. The fraction of sp³-hybridized carbons (Fsp3) is 0.259. The average Bonchev–Trinajstić information content (AvgIpc) is 2.71. The second-order valence-corrected chi connectivity index (χ2v) is 8.40. The van der Waals surface area contributed by atoms with Gasteiger partial charge >= 0.3 is 0 Å². The zero-order chi connectivity index (χ0) is 21.6. The Balaban J connectivity index is 1.61. The highest BCUT2D eigenvalue weighted by molar-refractivity contribution is 5.52. The largest absolute Gasteiger partial charge is 0.454 e. The highest BCUT2D eigenvalue weighted by atomic mass is 19.1. The molecule has 0 spiro atoms. The van der Waals surface area contributed by atoms with Gasteiger partial charge in [0, 0.05) is 5.41 Å². The van der Waals surface area contributed by atoms with Gasteiger partial charge in [0.2, 0.25) is 0 Å². The minimum absolute atomic E-state index is 0.132. The molecule has 0 amide bonds. The van der Waals surface area contributed by atoms with Gasteiger partial charge in [-0.1, -0.05) is 74.0 Å². The van der Waals surface area contributed by atoms with Gasteiger partial charge < -0.3 is 9.47 Å². The predicted octanol–water partition coefficient (Wildman–Crippen LogP) is 7.54. The van der Waals surface area contributed by atoms with Crippen LogP contribution in [-0.2, 0) is 16.8 Å². The Morgan fingerprint density at radius 3 is 2.30 bits per heavy atom. The first kappa shape index (κ1) is 21.8. The summed E-state index contributed by atoms with van der Waals surface area (Å²) in [5.74, 6) is 0.419. The molecular formula is C27H29FO2. The summed E-state index contributed by atoms with van der Waals surface area (Å²) in [5, 5.41) is 0. The predicted molar refractivity (Wildman–Crippen MR) is 121 cm³/mol. The van der Waals surface area contributed by atoms with Gasteiger partial charge in [0.1, 0.15) is 5.75 Å². The molecular weight excluding hydrogens is 375 g/mol. The van der Waals surface area contributed by atoms with Crippen LogP contribution in [0.15, 0.2) is 78.4 Å². The van der Waals surface area contributed by atoms with Crippen molar-refractivity contribution in [2.75, 3.05) is 6.61 Å². The SMILES string of the molecule is CC(C)=Cc1ccc(C(C)(C)COCc2ccc(F)c(Oc3ccccc3)c2)cc1. The smallest absolute Gasteiger partial charge is 0.165 e. The van der Waals surface area contributed by atoms with E-state index < -0.39 is 0 Å². The van der Waals surface area contributed by atoms with E-state index in [1.165, 1.54) is 22.8 Å². The summed E-state index contributed by atoms with van der Waals surface area (Å²) in [6.45, 7) is 9.47. The third-order valence-corrected chi connectivity index (χ3v) is 4.85. The van der Waals surface area contributed by atoms with Crippen LogP contribution in [0.25, 0.3) is 6.08 Å². The van der Waals surface area contributed by atoms with Crippen LogP contribution in [-0.4, -0.2) is 6.61 Å². The molecule has 3 rings (SSSR count). The van der Waals surface area contributed by atoms with E-state index in [0.29, 0.717) is 19.0 Å². The first-order valence-electron chi connectivity index (χ1n) is 10.2. The van der Waals surface area contributed by atoms with Crippen molar-refractivity contribution in [1.82, 2.24) is 0 Å². The molecule has 0 saturated heterocycles. The maximum atomic E-state index is 14.1. The Hall–Kier alpha value is -2.91. The first-order valence-corrected chi connectivity index (χ1v) is 10.2. The average molecular weight is 405 g/mol. The van der Waals surface area contributed by atoms with Gasteiger partial charge in [0.15, 0.2) is 11.6 Å². The van der Waals surface area contributed by atoms with Crippen molar-refractivity contribution < 1.29 is 13.9 Å². The summed E-state index contributed by atoms with van der Waals surface area (Å²) >= 11 is 0. The monoisotopic (exact) mass is 404 g/mol. The number of para-hydroxylation sites is 1. The van der Waals surface area contributed by atoms with E-state index in [-0.39, 0.29) is 17.0 Å². The lowest BCUT2D eigenvalue weighted by Crippen LogP contribution is -2.24. The van der Waals surface area contributed by atoms with E-state index in [1.807, 2.05) is 18.2 Å². The molecule has 156 valence electrons. The number of halogens is 1. The van der Waals surface area contributed by atoms with Gasteiger partial charge in [0.25, 0.3) is 0 Å².